The first-order valence-electron chi connectivity index (χ1n) is 8.93. The standard InChI is InChI=1S/C20H25N3O3S/c1-16-15-17(20(24)23-13-11-21(2)12-14-23)9-10-19(16)22(3)27(25,26)18-7-5-4-6-8-18/h4-10,15H,11-14H2,1-3H3. The van der Waals surface area contributed by atoms with Gasteiger partial charge in [0.1, 0.15) is 0 Å². The van der Waals surface area contributed by atoms with Gasteiger partial charge in [0.2, 0.25) is 0 Å². The Morgan fingerprint density at radius 3 is 2.22 bits per heavy atom. The van der Waals surface area contributed by atoms with Crippen molar-refractivity contribution < 1.29 is 13.2 Å². The lowest BCUT2D eigenvalue weighted by molar-refractivity contribution is 0.0664. The molecule has 1 fully saturated rings. The smallest absolute Gasteiger partial charge is 0.264 e. The molecule has 0 aromatic heterocycles. The van der Waals surface area contributed by atoms with Crippen LogP contribution in [0.25, 0.3) is 0 Å². The van der Waals surface area contributed by atoms with Crippen LogP contribution >= 0.6 is 0 Å². The number of hydrogen-bond acceptors (Lipinski definition) is 4. The van der Waals surface area contributed by atoms with Crippen molar-refractivity contribution in [1.82, 2.24) is 9.80 Å². The minimum atomic E-state index is -3.64. The normalized spacial score (nSPS) is 15.6. The molecule has 0 N–H and O–H groups in total. The zero-order chi connectivity index (χ0) is 19.6. The summed E-state index contributed by atoms with van der Waals surface area (Å²) >= 11 is 0. The number of rotatable bonds is 4. The third-order valence-corrected chi connectivity index (χ3v) is 6.76. The first-order valence-corrected chi connectivity index (χ1v) is 10.4. The molecule has 0 atom stereocenters. The molecule has 2 aromatic carbocycles. The Kier molecular flexibility index (Phi) is 5.53. The number of piperazine rings is 1. The van der Waals surface area contributed by atoms with Crippen LogP contribution in [0.4, 0.5) is 5.69 Å². The van der Waals surface area contributed by atoms with Crippen LogP contribution in [0.15, 0.2) is 53.4 Å². The molecule has 27 heavy (non-hydrogen) atoms. The number of sulfonamides is 1. The Balaban J connectivity index is 1.83. The van der Waals surface area contributed by atoms with Crippen molar-refractivity contribution in [1.29, 1.82) is 0 Å². The van der Waals surface area contributed by atoms with Gasteiger partial charge in [0.25, 0.3) is 15.9 Å². The van der Waals surface area contributed by atoms with Crippen LogP contribution in [-0.4, -0.2) is 64.4 Å². The molecular formula is C20H25N3O3S. The van der Waals surface area contributed by atoms with Crippen LogP contribution in [-0.2, 0) is 10.0 Å². The Hall–Kier alpha value is -2.38. The molecule has 6 nitrogen and oxygen atoms in total. The monoisotopic (exact) mass is 387 g/mol. The minimum Gasteiger partial charge on any atom is -0.336 e. The molecule has 0 bridgehead atoms. The van der Waals surface area contributed by atoms with E-state index in [2.05, 4.69) is 4.90 Å². The van der Waals surface area contributed by atoms with E-state index in [1.807, 2.05) is 18.9 Å². The fraction of sp³-hybridized carbons (Fsp3) is 0.350. The summed E-state index contributed by atoms with van der Waals surface area (Å²) in [5.41, 5.74) is 1.90. The molecule has 0 spiro atoms. The number of amides is 1. The predicted molar refractivity (Wildman–Crippen MR) is 107 cm³/mol. The van der Waals surface area contributed by atoms with E-state index >= 15 is 0 Å². The molecule has 3 rings (SSSR count). The van der Waals surface area contributed by atoms with E-state index in [1.54, 1.807) is 48.5 Å². The van der Waals surface area contributed by atoms with E-state index in [0.717, 1.165) is 18.7 Å². The Labute approximate surface area is 161 Å². The Morgan fingerprint density at radius 2 is 1.63 bits per heavy atom. The van der Waals surface area contributed by atoms with Crippen molar-refractivity contribution >= 4 is 21.6 Å². The number of aryl methyl sites for hydroxylation is 1. The molecule has 1 aliphatic heterocycles. The third-order valence-electron chi connectivity index (χ3n) is 4.98. The second-order valence-electron chi connectivity index (χ2n) is 6.88. The average Bonchev–Trinajstić information content (AvgIpc) is 2.68. The summed E-state index contributed by atoms with van der Waals surface area (Å²) in [6, 6.07) is 13.5. The molecule has 0 saturated carbocycles. The fourth-order valence-electron chi connectivity index (χ4n) is 3.21. The van der Waals surface area contributed by atoms with Crippen molar-refractivity contribution in [3.05, 3.63) is 59.7 Å². The van der Waals surface area contributed by atoms with Gasteiger partial charge in [-0.1, -0.05) is 18.2 Å². The van der Waals surface area contributed by atoms with E-state index in [1.165, 1.54) is 11.4 Å². The van der Waals surface area contributed by atoms with Crippen LogP contribution < -0.4 is 4.31 Å². The molecule has 0 radical (unpaired) electrons. The van der Waals surface area contributed by atoms with Crippen LogP contribution in [0.1, 0.15) is 15.9 Å². The maximum atomic E-state index is 12.8. The number of hydrogen-bond donors (Lipinski definition) is 0. The molecular weight excluding hydrogens is 362 g/mol. The van der Waals surface area contributed by atoms with Gasteiger partial charge in [-0.15, -0.1) is 0 Å². The van der Waals surface area contributed by atoms with E-state index in [9.17, 15) is 13.2 Å². The Bertz CT molecular complexity index is 921. The van der Waals surface area contributed by atoms with E-state index in [-0.39, 0.29) is 10.8 Å². The van der Waals surface area contributed by atoms with E-state index in [0.29, 0.717) is 24.3 Å². The quantitative estimate of drug-likeness (QED) is 0.807. The maximum absolute atomic E-state index is 12.8. The van der Waals surface area contributed by atoms with Crippen molar-refractivity contribution in [3.8, 4) is 0 Å². The lowest BCUT2D eigenvalue weighted by atomic mass is 10.1. The van der Waals surface area contributed by atoms with Gasteiger partial charge < -0.3 is 9.80 Å². The summed E-state index contributed by atoms with van der Waals surface area (Å²) in [5.74, 6) is -0.00804. The first-order chi connectivity index (χ1) is 12.8. The predicted octanol–water partition coefficient (Wildman–Crippen LogP) is 2.21. The number of carbonyl (C=O) groups is 1. The second-order valence-corrected chi connectivity index (χ2v) is 8.85. The molecule has 1 aliphatic rings. The highest BCUT2D eigenvalue weighted by atomic mass is 32.2. The molecule has 144 valence electrons. The van der Waals surface area contributed by atoms with Crippen molar-refractivity contribution in [3.63, 3.8) is 0 Å². The average molecular weight is 388 g/mol. The van der Waals surface area contributed by atoms with Gasteiger partial charge in [0, 0.05) is 38.8 Å². The van der Waals surface area contributed by atoms with E-state index < -0.39 is 10.0 Å². The zero-order valence-corrected chi connectivity index (χ0v) is 16.7. The highest BCUT2D eigenvalue weighted by Gasteiger charge is 2.24. The minimum absolute atomic E-state index is 0.00804. The fourth-order valence-corrected chi connectivity index (χ4v) is 4.50. The van der Waals surface area contributed by atoms with Crippen LogP contribution in [0.3, 0.4) is 0 Å². The lowest BCUT2D eigenvalue weighted by Crippen LogP contribution is -2.47. The molecule has 7 heteroatoms. The number of anilines is 1. The van der Waals surface area contributed by atoms with Gasteiger partial charge in [0.15, 0.2) is 0 Å². The summed E-state index contributed by atoms with van der Waals surface area (Å²) in [5, 5.41) is 0. The van der Waals surface area contributed by atoms with Gasteiger partial charge in [-0.05, 0) is 49.9 Å². The highest BCUT2D eigenvalue weighted by Crippen LogP contribution is 2.26. The Morgan fingerprint density at radius 1 is 1.00 bits per heavy atom. The van der Waals surface area contributed by atoms with Crippen molar-refractivity contribution in [2.45, 2.75) is 11.8 Å². The van der Waals surface area contributed by atoms with Crippen LogP contribution in [0.5, 0.6) is 0 Å². The van der Waals surface area contributed by atoms with Gasteiger partial charge in [-0.2, -0.15) is 0 Å². The zero-order valence-electron chi connectivity index (χ0n) is 15.9. The van der Waals surface area contributed by atoms with Gasteiger partial charge >= 0.3 is 0 Å². The molecule has 0 aliphatic carbocycles. The van der Waals surface area contributed by atoms with E-state index in [4.69, 9.17) is 0 Å². The summed E-state index contributed by atoms with van der Waals surface area (Å²) in [6.45, 7) is 4.96. The third kappa shape index (κ3) is 3.99. The lowest BCUT2D eigenvalue weighted by Gasteiger charge is -2.32. The topological polar surface area (TPSA) is 60.9 Å². The van der Waals surface area contributed by atoms with Gasteiger partial charge in [0.05, 0.1) is 10.6 Å². The number of carbonyl (C=O) groups excluding carboxylic acids is 1. The van der Waals surface area contributed by atoms with Crippen molar-refractivity contribution in [2.24, 2.45) is 0 Å². The number of nitrogens with zero attached hydrogens (tertiary/aromatic N) is 3. The first kappa shape index (κ1) is 19.4. The number of benzene rings is 2. The van der Waals surface area contributed by atoms with Crippen LogP contribution in [0, 0.1) is 6.92 Å². The van der Waals surface area contributed by atoms with Crippen LogP contribution in [0.2, 0.25) is 0 Å². The highest BCUT2D eigenvalue weighted by molar-refractivity contribution is 7.92. The summed E-state index contributed by atoms with van der Waals surface area (Å²) in [4.78, 5) is 17.0. The molecule has 2 aromatic rings. The van der Waals surface area contributed by atoms with Crippen molar-refractivity contribution in [2.75, 3.05) is 44.6 Å². The molecule has 1 heterocycles. The summed E-state index contributed by atoms with van der Waals surface area (Å²) in [6.07, 6.45) is 0. The second kappa shape index (κ2) is 7.70. The van der Waals surface area contributed by atoms with Gasteiger partial charge in [-0.3, -0.25) is 9.10 Å². The van der Waals surface area contributed by atoms with Gasteiger partial charge in [-0.25, -0.2) is 8.42 Å². The summed E-state index contributed by atoms with van der Waals surface area (Å²) in [7, 11) is -0.0620. The molecule has 0 unspecified atom stereocenters. The SMILES string of the molecule is Cc1cc(C(=O)N2CCN(C)CC2)ccc1N(C)S(=O)(=O)c1ccccc1. The molecule has 1 amide bonds. The number of likely N-dealkylation sites (N-methyl/N-ethyl adjacent to an activating group) is 1. The molecule has 1 saturated heterocycles. The summed E-state index contributed by atoms with van der Waals surface area (Å²) < 4.78 is 26.9. The maximum Gasteiger partial charge on any atom is 0.264 e. The largest absolute Gasteiger partial charge is 0.336 e.